The molecule has 2 rings (SSSR count). The molecule has 2 aliphatic rings. The Morgan fingerprint density at radius 2 is 1.09 bits per heavy atom. The van der Waals surface area contributed by atoms with Gasteiger partial charge in [-0.3, -0.25) is 48.4 Å². The Balaban J connectivity index is 1.96. The first-order chi connectivity index (χ1) is 20.4. The lowest BCUT2D eigenvalue weighted by atomic mass is 10.1. The van der Waals surface area contributed by atoms with Crippen LogP contribution in [0.15, 0.2) is 11.6 Å². The van der Waals surface area contributed by atoms with Crippen molar-refractivity contribution < 1.29 is 44.1 Å². The number of nitrogens with one attached hydrogen (secondary N) is 2. The number of likely N-dealkylation sites (tertiary alicyclic amines) is 1. The number of carbonyl (C=O) groups excluding carboxylic acids is 3. The second-order valence-electron chi connectivity index (χ2n) is 10.8. The highest BCUT2D eigenvalue weighted by Crippen LogP contribution is 2.15. The minimum Gasteiger partial charge on any atom is -0.480 e. The van der Waals surface area contributed by atoms with Gasteiger partial charge >= 0.3 is 17.9 Å². The zero-order chi connectivity index (χ0) is 31.8. The number of hydrogen-bond acceptors (Lipinski definition) is 10. The maximum atomic E-state index is 13.0. The summed E-state index contributed by atoms with van der Waals surface area (Å²) in [4.78, 5) is 79.6. The number of nitrogens with zero attached hydrogens (tertiary/aromatic N) is 5. The van der Waals surface area contributed by atoms with Crippen molar-refractivity contribution in [2.45, 2.75) is 19.8 Å². The summed E-state index contributed by atoms with van der Waals surface area (Å²) in [7, 11) is 0. The van der Waals surface area contributed by atoms with Crippen LogP contribution in [0.2, 0.25) is 0 Å². The molecule has 0 bridgehead atoms. The molecule has 0 aromatic heterocycles. The summed E-state index contributed by atoms with van der Waals surface area (Å²) in [5, 5.41) is 33.2. The van der Waals surface area contributed by atoms with Gasteiger partial charge in [0.15, 0.2) is 0 Å². The Morgan fingerprint density at radius 3 is 1.49 bits per heavy atom. The Kier molecular flexibility index (Phi) is 15.6. The molecular formula is C27H45N7O9. The van der Waals surface area contributed by atoms with Gasteiger partial charge in [0.2, 0.25) is 17.7 Å². The third-order valence-corrected chi connectivity index (χ3v) is 7.12. The van der Waals surface area contributed by atoms with Gasteiger partial charge in [0.1, 0.15) is 0 Å². The first kappa shape index (κ1) is 35.6. The van der Waals surface area contributed by atoms with Crippen molar-refractivity contribution in [3.05, 3.63) is 11.6 Å². The van der Waals surface area contributed by atoms with Crippen molar-refractivity contribution in [1.29, 1.82) is 0 Å². The van der Waals surface area contributed by atoms with Crippen LogP contribution in [0.5, 0.6) is 0 Å². The predicted octanol–water partition coefficient (Wildman–Crippen LogP) is -2.74. The van der Waals surface area contributed by atoms with Gasteiger partial charge in [-0.1, -0.05) is 13.3 Å². The van der Waals surface area contributed by atoms with Crippen LogP contribution in [0.1, 0.15) is 19.8 Å². The summed E-state index contributed by atoms with van der Waals surface area (Å²) < 4.78 is 0. The summed E-state index contributed by atoms with van der Waals surface area (Å²) >= 11 is 0. The van der Waals surface area contributed by atoms with E-state index in [1.165, 1.54) is 6.08 Å². The summed E-state index contributed by atoms with van der Waals surface area (Å²) in [5.41, 5.74) is 0.747. The smallest absolute Gasteiger partial charge is 0.317 e. The average molecular weight is 612 g/mol. The van der Waals surface area contributed by atoms with E-state index in [2.05, 4.69) is 10.6 Å². The van der Waals surface area contributed by atoms with Gasteiger partial charge < -0.3 is 30.9 Å². The fourth-order valence-electron chi connectivity index (χ4n) is 4.66. The van der Waals surface area contributed by atoms with Crippen LogP contribution >= 0.6 is 0 Å². The van der Waals surface area contributed by atoms with Crippen LogP contribution in [-0.4, -0.2) is 180 Å². The normalized spacial score (nSPS) is 18.1. The lowest BCUT2D eigenvalue weighted by Gasteiger charge is -2.37. The maximum Gasteiger partial charge on any atom is 0.317 e. The Hall–Kier alpha value is -3.60. The van der Waals surface area contributed by atoms with Crippen molar-refractivity contribution in [2.24, 2.45) is 0 Å². The third kappa shape index (κ3) is 14.9. The SMILES string of the molecule is CCCCNC(=O)CNC(=O)C=C1CN(C(=O)CN2CCN(CC(=O)O)CCN(CC(=O)O)CCN(CC(=O)O)CC2)C1. The van der Waals surface area contributed by atoms with Crippen LogP contribution in [0.3, 0.4) is 0 Å². The number of hydrogen-bond donors (Lipinski definition) is 5. The summed E-state index contributed by atoms with van der Waals surface area (Å²) in [6, 6.07) is 0. The molecule has 0 spiro atoms. The van der Waals surface area contributed by atoms with Crippen LogP contribution in [0, 0.1) is 0 Å². The van der Waals surface area contributed by atoms with E-state index in [9.17, 15) is 44.1 Å². The Bertz CT molecular complexity index is 983. The van der Waals surface area contributed by atoms with E-state index in [0.29, 0.717) is 58.9 Å². The Morgan fingerprint density at radius 1 is 0.674 bits per heavy atom. The molecule has 3 amide bonds. The number of aliphatic carboxylic acids is 3. The number of carbonyl (C=O) groups is 6. The minimum absolute atomic E-state index is 0.0321. The van der Waals surface area contributed by atoms with Crippen molar-refractivity contribution in [1.82, 2.24) is 35.1 Å². The quantitative estimate of drug-likeness (QED) is 0.100. The topological polar surface area (TPSA) is 203 Å². The van der Waals surface area contributed by atoms with Crippen molar-refractivity contribution in [3.8, 4) is 0 Å². The molecule has 2 fully saturated rings. The predicted molar refractivity (Wildman–Crippen MR) is 154 cm³/mol. The van der Waals surface area contributed by atoms with Crippen molar-refractivity contribution >= 4 is 35.6 Å². The zero-order valence-electron chi connectivity index (χ0n) is 24.8. The van der Waals surface area contributed by atoms with Crippen LogP contribution < -0.4 is 10.6 Å². The minimum atomic E-state index is -1.03. The zero-order valence-corrected chi connectivity index (χ0v) is 24.8. The van der Waals surface area contributed by atoms with E-state index in [0.717, 1.165) is 18.4 Å². The molecule has 0 saturated carbocycles. The van der Waals surface area contributed by atoms with Gasteiger partial charge in [0.05, 0.1) is 32.7 Å². The lowest BCUT2D eigenvalue weighted by Crippen LogP contribution is -2.52. The molecular weight excluding hydrogens is 566 g/mol. The fourth-order valence-corrected chi connectivity index (χ4v) is 4.66. The fraction of sp³-hybridized carbons (Fsp3) is 0.704. The second kappa shape index (κ2) is 18.8. The molecule has 2 saturated heterocycles. The van der Waals surface area contributed by atoms with Gasteiger partial charge in [0.25, 0.3) is 0 Å². The summed E-state index contributed by atoms with van der Waals surface area (Å²) in [6.07, 6.45) is 3.20. The standard InChI is InChI=1S/C27H45N7O9/c1-2-3-4-28-23(36)14-29-22(35)13-21-15-34(16-21)24(37)17-30-5-7-31(18-25(38)39)9-11-33(20-27(42)43)12-10-32(8-6-30)19-26(40)41/h13H,2-12,14-20H2,1H3,(H,28,36)(H,29,35)(H,38,39)(H,40,41)(H,42,43). The van der Waals surface area contributed by atoms with Crippen LogP contribution in [0.25, 0.3) is 0 Å². The van der Waals surface area contributed by atoms with Crippen molar-refractivity contribution in [2.75, 3.05) is 105 Å². The molecule has 16 nitrogen and oxygen atoms in total. The monoisotopic (exact) mass is 611 g/mol. The molecule has 0 radical (unpaired) electrons. The molecule has 0 aromatic rings. The lowest BCUT2D eigenvalue weighted by molar-refractivity contribution is -0.141. The van der Waals surface area contributed by atoms with E-state index in [-0.39, 0.29) is 57.6 Å². The third-order valence-electron chi connectivity index (χ3n) is 7.12. The van der Waals surface area contributed by atoms with Gasteiger partial charge in [-0.25, -0.2) is 0 Å². The van der Waals surface area contributed by atoms with Crippen LogP contribution in [-0.2, 0) is 28.8 Å². The number of unbranched alkanes of at least 4 members (excludes halogenated alkanes) is 1. The van der Waals surface area contributed by atoms with Gasteiger partial charge in [-0.2, -0.15) is 0 Å². The highest BCUT2D eigenvalue weighted by Gasteiger charge is 2.28. The van der Waals surface area contributed by atoms with Gasteiger partial charge in [-0.15, -0.1) is 0 Å². The first-order valence-electron chi connectivity index (χ1n) is 14.5. The van der Waals surface area contributed by atoms with E-state index >= 15 is 0 Å². The number of carboxylic acid groups (broad SMARTS) is 3. The largest absolute Gasteiger partial charge is 0.480 e. The molecule has 2 heterocycles. The second-order valence-corrected chi connectivity index (χ2v) is 10.8. The van der Waals surface area contributed by atoms with Crippen LogP contribution in [0.4, 0.5) is 0 Å². The van der Waals surface area contributed by atoms with E-state index in [4.69, 9.17) is 0 Å². The average Bonchev–Trinajstić information content (AvgIpc) is 2.89. The summed E-state index contributed by atoms with van der Waals surface area (Å²) in [6.45, 7) is 4.80. The molecule has 0 aliphatic carbocycles. The molecule has 16 heteroatoms. The van der Waals surface area contributed by atoms with Gasteiger partial charge in [-0.05, 0) is 12.0 Å². The first-order valence-corrected chi connectivity index (χ1v) is 14.5. The molecule has 0 atom stereocenters. The number of amides is 3. The molecule has 5 N–H and O–H groups in total. The van der Waals surface area contributed by atoms with E-state index < -0.39 is 23.8 Å². The number of carboxylic acids is 3. The molecule has 0 aromatic carbocycles. The highest BCUT2D eigenvalue weighted by molar-refractivity contribution is 5.92. The number of rotatable bonds is 14. The Labute approximate surface area is 251 Å². The summed E-state index contributed by atoms with van der Waals surface area (Å²) in [5.74, 6) is -3.92. The van der Waals surface area contributed by atoms with E-state index in [1.807, 2.05) is 11.8 Å². The molecule has 43 heavy (non-hydrogen) atoms. The van der Waals surface area contributed by atoms with Gasteiger partial charge in [0, 0.05) is 78.1 Å². The molecule has 0 unspecified atom stereocenters. The maximum absolute atomic E-state index is 13.0. The highest BCUT2D eigenvalue weighted by atomic mass is 16.4. The molecule has 242 valence electrons. The molecule has 2 aliphatic heterocycles. The van der Waals surface area contributed by atoms with Crippen molar-refractivity contribution in [3.63, 3.8) is 0 Å². The van der Waals surface area contributed by atoms with E-state index in [1.54, 1.807) is 19.6 Å².